The van der Waals surface area contributed by atoms with E-state index in [1.54, 1.807) is 57.7 Å². The molecule has 0 spiro atoms. The minimum atomic E-state index is -4.82. The predicted octanol–water partition coefficient (Wildman–Crippen LogP) is 7.87. The van der Waals surface area contributed by atoms with Crippen LogP contribution in [0, 0.1) is 13.8 Å². The van der Waals surface area contributed by atoms with Crippen molar-refractivity contribution in [1.82, 2.24) is 4.98 Å². The van der Waals surface area contributed by atoms with Gasteiger partial charge in [-0.05, 0) is 73.9 Å². The Kier molecular flexibility index (Phi) is 8.22. The number of hydrogen-bond acceptors (Lipinski definition) is 7. The number of carbonyl (C=O) groups excluding carboxylic acids is 1. The van der Waals surface area contributed by atoms with E-state index >= 15 is 0 Å². The van der Waals surface area contributed by atoms with E-state index in [1.165, 1.54) is 24.3 Å². The topological polar surface area (TPSA) is 88.1 Å². The number of hydrogen-bond donors (Lipinski definition) is 1. The standard InChI is InChI=1S/C29H27F3N2O6/c1-16-17(2)24(39-25-11-12-33-23-15-27(37-5)26(36-4)14-21(23)25)10-9-22(16)34-28(35)38-18(3)19-7-6-8-20(13-19)40-29(30,31)32/h6-15,18H,1-5H3,(H,34,35). The van der Waals surface area contributed by atoms with Gasteiger partial charge in [-0.3, -0.25) is 10.3 Å². The molecule has 1 amide bonds. The molecule has 4 rings (SSSR count). The van der Waals surface area contributed by atoms with E-state index in [4.69, 9.17) is 18.9 Å². The number of nitrogens with one attached hydrogen (secondary N) is 1. The molecule has 4 aromatic rings. The summed E-state index contributed by atoms with van der Waals surface area (Å²) in [7, 11) is 3.10. The fourth-order valence-corrected chi connectivity index (χ4v) is 4.03. The molecule has 0 saturated heterocycles. The molecule has 8 nitrogen and oxygen atoms in total. The average Bonchev–Trinajstić information content (AvgIpc) is 2.91. The molecule has 0 aliphatic rings. The normalized spacial score (nSPS) is 12.0. The smallest absolute Gasteiger partial charge is 0.493 e. The second kappa shape index (κ2) is 11.6. The molecular weight excluding hydrogens is 529 g/mol. The molecule has 0 aliphatic carbocycles. The number of halogens is 3. The summed E-state index contributed by atoms with van der Waals surface area (Å²) in [6.07, 6.45) is -4.80. The van der Waals surface area contributed by atoms with E-state index in [0.717, 1.165) is 16.5 Å². The highest BCUT2D eigenvalue weighted by molar-refractivity contribution is 5.89. The van der Waals surface area contributed by atoms with Gasteiger partial charge in [0, 0.05) is 23.3 Å². The maximum Gasteiger partial charge on any atom is 0.573 e. The van der Waals surface area contributed by atoms with Gasteiger partial charge < -0.3 is 23.7 Å². The lowest BCUT2D eigenvalue weighted by atomic mass is 10.1. The summed E-state index contributed by atoms with van der Waals surface area (Å²) in [6.45, 7) is 5.21. The SMILES string of the molecule is COc1cc2nccc(Oc3ccc(NC(=O)OC(C)c4cccc(OC(F)(F)F)c4)c(C)c3C)c2cc1OC. The molecule has 3 aromatic carbocycles. The van der Waals surface area contributed by atoms with Gasteiger partial charge in [0.1, 0.15) is 23.4 Å². The lowest BCUT2D eigenvalue weighted by molar-refractivity contribution is -0.274. The van der Waals surface area contributed by atoms with Crippen LogP contribution in [0.15, 0.2) is 60.8 Å². The molecule has 40 heavy (non-hydrogen) atoms. The Labute approximate surface area is 228 Å². The van der Waals surface area contributed by atoms with Crippen molar-refractivity contribution in [3.63, 3.8) is 0 Å². The minimum Gasteiger partial charge on any atom is -0.493 e. The monoisotopic (exact) mass is 556 g/mol. The number of alkyl halides is 3. The molecule has 0 aliphatic heterocycles. The highest BCUT2D eigenvalue weighted by Gasteiger charge is 2.31. The van der Waals surface area contributed by atoms with Crippen LogP contribution in [0.5, 0.6) is 28.7 Å². The number of anilines is 1. The summed E-state index contributed by atoms with van der Waals surface area (Å²) in [4.78, 5) is 17.0. The third-order valence-corrected chi connectivity index (χ3v) is 6.25. The number of pyridine rings is 1. The van der Waals surface area contributed by atoms with E-state index in [9.17, 15) is 18.0 Å². The third kappa shape index (κ3) is 6.48. The molecule has 1 N–H and O–H groups in total. The van der Waals surface area contributed by atoms with Crippen LogP contribution in [0.1, 0.15) is 29.7 Å². The highest BCUT2D eigenvalue weighted by Crippen LogP contribution is 2.38. The number of ether oxygens (including phenoxy) is 5. The largest absolute Gasteiger partial charge is 0.573 e. The van der Waals surface area contributed by atoms with Crippen LogP contribution >= 0.6 is 0 Å². The van der Waals surface area contributed by atoms with Gasteiger partial charge >= 0.3 is 12.5 Å². The number of benzene rings is 3. The Hall–Kier alpha value is -4.67. The third-order valence-electron chi connectivity index (χ3n) is 6.25. The van der Waals surface area contributed by atoms with Crippen LogP contribution in [0.2, 0.25) is 0 Å². The zero-order chi connectivity index (χ0) is 29.0. The van der Waals surface area contributed by atoms with Crippen molar-refractivity contribution in [2.75, 3.05) is 19.5 Å². The lowest BCUT2D eigenvalue weighted by Crippen LogP contribution is -2.18. The Bertz CT molecular complexity index is 1540. The van der Waals surface area contributed by atoms with E-state index in [0.29, 0.717) is 39.8 Å². The molecule has 1 atom stereocenters. The number of nitrogens with zero attached hydrogens (tertiary/aromatic N) is 1. The van der Waals surface area contributed by atoms with Gasteiger partial charge in [-0.15, -0.1) is 13.2 Å². The van der Waals surface area contributed by atoms with Crippen molar-refractivity contribution < 1.29 is 41.7 Å². The molecule has 210 valence electrons. The first-order valence-electron chi connectivity index (χ1n) is 12.1. The van der Waals surface area contributed by atoms with Crippen LogP contribution in [0.4, 0.5) is 23.7 Å². The predicted molar refractivity (Wildman–Crippen MR) is 142 cm³/mol. The van der Waals surface area contributed by atoms with Gasteiger partial charge in [-0.2, -0.15) is 0 Å². The summed E-state index contributed by atoms with van der Waals surface area (Å²) in [5, 5.41) is 3.41. The molecule has 0 saturated carbocycles. The van der Waals surface area contributed by atoms with Gasteiger partial charge in [0.2, 0.25) is 0 Å². The fraction of sp³-hybridized carbons (Fsp3) is 0.241. The van der Waals surface area contributed by atoms with Gasteiger partial charge in [-0.25, -0.2) is 4.79 Å². The van der Waals surface area contributed by atoms with Crippen molar-refractivity contribution in [2.45, 2.75) is 33.2 Å². The van der Waals surface area contributed by atoms with Gasteiger partial charge in [0.15, 0.2) is 11.5 Å². The summed E-state index contributed by atoms with van der Waals surface area (Å²) < 4.78 is 63.9. The molecule has 11 heteroatoms. The van der Waals surface area contributed by atoms with E-state index in [2.05, 4.69) is 15.0 Å². The number of rotatable bonds is 8. The molecule has 0 fully saturated rings. The van der Waals surface area contributed by atoms with Crippen LogP contribution < -0.4 is 24.3 Å². The van der Waals surface area contributed by atoms with Crippen molar-refractivity contribution in [2.24, 2.45) is 0 Å². The van der Waals surface area contributed by atoms with Gasteiger partial charge in [0.25, 0.3) is 0 Å². The van der Waals surface area contributed by atoms with E-state index in [-0.39, 0.29) is 0 Å². The highest BCUT2D eigenvalue weighted by atomic mass is 19.4. The van der Waals surface area contributed by atoms with Crippen LogP contribution in [-0.4, -0.2) is 31.7 Å². The minimum absolute atomic E-state index is 0.340. The number of fused-ring (bicyclic) bond motifs is 1. The number of amides is 1. The Balaban J connectivity index is 1.49. The second-order valence-electron chi connectivity index (χ2n) is 8.79. The summed E-state index contributed by atoms with van der Waals surface area (Å²) in [6, 6.07) is 13.9. The first kappa shape index (κ1) is 28.3. The second-order valence-corrected chi connectivity index (χ2v) is 8.79. The summed E-state index contributed by atoms with van der Waals surface area (Å²) >= 11 is 0. The lowest BCUT2D eigenvalue weighted by Gasteiger charge is -2.18. The average molecular weight is 557 g/mol. The molecule has 1 unspecified atom stereocenters. The zero-order valence-corrected chi connectivity index (χ0v) is 22.4. The summed E-state index contributed by atoms with van der Waals surface area (Å²) in [5.74, 6) is 1.80. The zero-order valence-electron chi connectivity index (χ0n) is 22.4. The molecular formula is C29H27F3N2O6. The number of aromatic nitrogens is 1. The maximum absolute atomic E-state index is 12.6. The Morgan fingerprint density at radius 2 is 1.62 bits per heavy atom. The molecule has 0 radical (unpaired) electrons. The van der Waals surface area contributed by atoms with Crippen molar-refractivity contribution in [3.05, 3.63) is 77.5 Å². The van der Waals surface area contributed by atoms with Crippen LogP contribution in [0.3, 0.4) is 0 Å². The summed E-state index contributed by atoms with van der Waals surface area (Å²) in [5.41, 5.74) is 3.00. The maximum atomic E-state index is 12.6. The number of methoxy groups -OCH3 is 2. The molecule has 1 aromatic heterocycles. The molecule has 0 bridgehead atoms. The van der Waals surface area contributed by atoms with Crippen LogP contribution in [-0.2, 0) is 4.74 Å². The first-order chi connectivity index (χ1) is 19.0. The van der Waals surface area contributed by atoms with Crippen LogP contribution in [0.25, 0.3) is 10.9 Å². The fourth-order valence-electron chi connectivity index (χ4n) is 4.03. The van der Waals surface area contributed by atoms with Crippen molar-refractivity contribution in [3.8, 4) is 28.7 Å². The van der Waals surface area contributed by atoms with Crippen molar-refractivity contribution >= 4 is 22.7 Å². The number of carbonyl (C=O) groups is 1. The van der Waals surface area contributed by atoms with Gasteiger partial charge in [-0.1, -0.05) is 12.1 Å². The first-order valence-corrected chi connectivity index (χ1v) is 12.1. The van der Waals surface area contributed by atoms with E-state index in [1.807, 2.05) is 13.8 Å². The van der Waals surface area contributed by atoms with Crippen molar-refractivity contribution in [1.29, 1.82) is 0 Å². The Morgan fingerprint density at radius 1 is 0.900 bits per heavy atom. The molecule has 1 heterocycles. The quantitative estimate of drug-likeness (QED) is 0.236. The van der Waals surface area contributed by atoms with E-state index < -0.39 is 24.3 Å². The van der Waals surface area contributed by atoms with Gasteiger partial charge in [0.05, 0.1) is 19.7 Å². The Morgan fingerprint density at radius 3 is 2.33 bits per heavy atom.